The van der Waals surface area contributed by atoms with Gasteiger partial charge in [-0.15, -0.1) is 0 Å². The van der Waals surface area contributed by atoms with Gasteiger partial charge in [0.1, 0.15) is 18.2 Å². The van der Waals surface area contributed by atoms with Crippen LogP contribution < -0.4 is 15.5 Å². The number of thioether (sulfide) groups is 1. The lowest BCUT2D eigenvalue weighted by Gasteiger charge is -2.25. The number of benzene rings is 2. The Morgan fingerprint density at radius 1 is 0.655 bits per heavy atom. The summed E-state index contributed by atoms with van der Waals surface area (Å²) in [6.45, 7) is 5.63. The van der Waals surface area contributed by atoms with E-state index in [1.165, 1.54) is 6.42 Å². The van der Waals surface area contributed by atoms with Gasteiger partial charge in [0, 0.05) is 23.6 Å². The van der Waals surface area contributed by atoms with E-state index in [-0.39, 0.29) is 25.4 Å². The van der Waals surface area contributed by atoms with Crippen molar-refractivity contribution in [2.75, 3.05) is 18.1 Å². The highest BCUT2D eigenvalue weighted by Crippen LogP contribution is 2.44. The molecule has 0 fully saturated rings. The second-order valence-corrected chi connectivity index (χ2v) is 17.2. The fourth-order valence-electron chi connectivity index (χ4n) is 7.34. The van der Waals surface area contributed by atoms with E-state index in [1.807, 2.05) is 45.0 Å². The molecule has 3 rings (SSSR count). The molecule has 306 valence electrons. The molecule has 1 aliphatic rings. The first-order valence-corrected chi connectivity index (χ1v) is 21.9. The molecule has 0 unspecified atom stereocenters. The van der Waals surface area contributed by atoms with Gasteiger partial charge in [-0.25, -0.2) is 9.59 Å². The Hall–Kier alpha value is -3.53. The second-order valence-electron chi connectivity index (χ2n) is 16.1. The van der Waals surface area contributed by atoms with E-state index in [0.29, 0.717) is 24.5 Å². The molecule has 0 saturated heterocycles. The van der Waals surface area contributed by atoms with Crippen LogP contribution in [0.5, 0.6) is 0 Å². The number of amides is 1. The molecule has 9 nitrogen and oxygen atoms in total. The predicted octanol–water partition coefficient (Wildman–Crippen LogP) is 8.50. The normalized spacial score (nSPS) is 13.4. The highest BCUT2D eigenvalue weighted by Gasteiger charge is 2.31. The van der Waals surface area contributed by atoms with Crippen molar-refractivity contribution < 1.29 is 38.9 Å². The Labute approximate surface area is 334 Å². The van der Waals surface area contributed by atoms with Gasteiger partial charge in [-0.2, -0.15) is 11.8 Å². The first-order valence-electron chi connectivity index (χ1n) is 20.8. The predicted molar refractivity (Wildman–Crippen MR) is 216 cm³/mol. The molecule has 0 aliphatic heterocycles. The number of aliphatic carboxylic acids is 2. The zero-order valence-electron chi connectivity index (χ0n) is 33.6. The van der Waals surface area contributed by atoms with Gasteiger partial charge in [0.05, 0.1) is 0 Å². The molecular formula is C45H65NO8S-2. The molecule has 0 heterocycles. The van der Waals surface area contributed by atoms with Gasteiger partial charge < -0.3 is 34.6 Å². The van der Waals surface area contributed by atoms with Crippen molar-refractivity contribution in [3.05, 3.63) is 59.7 Å². The van der Waals surface area contributed by atoms with Crippen molar-refractivity contribution in [1.82, 2.24) is 5.32 Å². The van der Waals surface area contributed by atoms with Gasteiger partial charge in [-0.3, -0.25) is 0 Å². The summed E-state index contributed by atoms with van der Waals surface area (Å²) in [4.78, 5) is 47.8. The summed E-state index contributed by atoms with van der Waals surface area (Å²) in [6.07, 6.45) is 17.5. The van der Waals surface area contributed by atoms with E-state index in [1.54, 1.807) is 11.8 Å². The van der Waals surface area contributed by atoms with Crippen LogP contribution in [0.4, 0.5) is 4.79 Å². The number of ether oxygens (including phenoxy) is 2. The fraction of sp³-hybridized carbons (Fsp3) is 0.644. The number of carboxylic acid groups (broad SMARTS) is 2. The lowest BCUT2D eigenvalue weighted by Crippen LogP contribution is -2.46. The second kappa shape index (κ2) is 25.6. The molecule has 2 aromatic rings. The molecule has 2 atom stereocenters. The Balaban J connectivity index is 1.50. The molecule has 2 aromatic carbocycles. The maximum atomic E-state index is 13.3. The number of carbonyl (C=O) groups excluding carboxylic acids is 4. The van der Waals surface area contributed by atoms with Crippen molar-refractivity contribution >= 4 is 35.8 Å². The van der Waals surface area contributed by atoms with Crippen LogP contribution in [-0.2, 0) is 23.9 Å². The summed E-state index contributed by atoms with van der Waals surface area (Å²) in [6, 6.07) is 15.5. The van der Waals surface area contributed by atoms with Crippen LogP contribution in [0.1, 0.15) is 160 Å². The Bertz CT molecular complexity index is 1410. The van der Waals surface area contributed by atoms with E-state index in [0.717, 1.165) is 118 Å². The van der Waals surface area contributed by atoms with Crippen LogP contribution >= 0.6 is 11.8 Å². The Morgan fingerprint density at radius 2 is 1.09 bits per heavy atom. The molecule has 1 N–H and O–H groups in total. The molecule has 0 saturated carbocycles. The number of unbranched alkanes of at least 4 members (excludes halogenated alkanes) is 13. The topological polar surface area (TPSA) is 145 Å². The number of hydrogen-bond acceptors (Lipinski definition) is 9. The molecule has 55 heavy (non-hydrogen) atoms. The smallest absolute Gasteiger partial charge is 0.407 e. The molecule has 0 spiro atoms. The van der Waals surface area contributed by atoms with Crippen molar-refractivity contribution in [2.45, 2.75) is 160 Å². The van der Waals surface area contributed by atoms with Gasteiger partial charge in [0.2, 0.25) is 0 Å². The highest BCUT2D eigenvalue weighted by molar-refractivity contribution is 7.99. The average molecular weight is 780 g/mol. The number of esters is 1. The van der Waals surface area contributed by atoms with Crippen LogP contribution in [0.2, 0.25) is 0 Å². The number of alkyl carbamates (subject to hydrolysis) is 1. The first-order chi connectivity index (χ1) is 26.4. The molecule has 0 radical (unpaired) electrons. The van der Waals surface area contributed by atoms with Crippen molar-refractivity contribution in [1.29, 1.82) is 0 Å². The Kier molecular flexibility index (Phi) is 21.3. The van der Waals surface area contributed by atoms with Crippen molar-refractivity contribution in [2.24, 2.45) is 5.92 Å². The van der Waals surface area contributed by atoms with E-state index >= 15 is 0 Å². The third-order valence-electron chi connectivity index (χ3n) is 10.2. The van der Waals surface area contributed by atoms with Gasteiger partial charge in [0.15, 0.2) is 0 Å². The molecule has 1 aliphatic carbocycles. The minimum absolute atomic E-state index is 0.0793. The number of fused-ring (bicyclic) bond motifs is 3. The van der Waals surface area contributed by atoms with Crippen molar-refractivity contribution in [3.63, 3.8) is 0 Å². The lowest BCUT2D eigenvalue weighted by atomic mass is 9.95. The van der Waals surface area contributed by atoms with Gasteiger partial charge in [-0.1, -0.05) is 132 Å². The van der Waals surface area contributed by atoms with E-state index in [9.17, 15) is 29.4 Å². The van der Waals surface area contributed by atoms with E-state index in [2.05, 4.69) is 29.6 Å². The lowest BCUT2D eigenvalue weighted by molar-refractivity contribution is -0.307. The summed E-state index contributed by atoms with van der Waals surface area (Å²) in [5.74, 6) is -0.724. The molecule has 0 bridgehead atoms. The molecule has 1 amide bonds. The van der Waals surface area contributed by atoms with Crippen LogP contribution in [0.15, 0.2) is 48.5 Å². The number of carboxylic acids is 2. The van der Waals surface area contributed by atoms with Crippen LogP contribution in [0.3, 0.4) is 0 Å². The average Bonchev–Trinajstić information content (AvgIpc) is 3.45. The van der Waals surface area contributed by atoms with Crippen LogP contribution in [0.25, 0.3) is 11.1 Å². The van der Waals surface area contributed by atoms with E-state index < -0.39 is 35.6 Å². The third-order valence-corrected chi connectivity index (χ3v) is 11.5. The number of hydrogen-bond donors (Lipinski definition) is 1. The van der Waals surface area contributed by atoms with Crippen LogP contribution in [0, 0.1) is 5.92 Å². The SMILES string of the molecule is CC(C)(C)OC(=O)[C@H](CSC[C@H](CCCCCCCCCCC(=O)[O-])CCCCCCCCCC(=O)[O-])NC(=O)OCC1c2ccccc2-c2ccccc21. The maximum Gasteiger partial charge on any atom is 0.407 e. The fourth-order valence-corrected chi connectivity index (χ4v) is 8.59. The minimum Gasteiger partial charge on any atom is -0.550 e. The zero-order valence-corrected chi connectivity index (χ0v) is 34.4. The number of carbonyl (C=O) groups is 4. The number of rotatable bonds is 29. The van der Waals surface area contributed by atoms with Gasteiger partial charge >= 0.3 is 12.1 Å². The van der Waals surface area contributed by atoms with Crippen molar-refractivity contribution in [3.8, 4) is 11.1 Å². The maximum absolute atomic E-state index is 13.3. The minimum atomic E-state index is -0.972. The summed E-state index contributed by atoms with van der Waals surface area (Å²) in [5, 5.41) is 24.1. The monoisotopic (exact) mass is 779 g/mol. The quantitative estimate of drug-likeness (QED) is 0.0635. The summed E-state index contributed by atoms with van der Waals surface area (Å²) < 4.78 is 11.5. The Morgan fingerprint density at radius 3 is 1.55 bits per heavy atom. The summed E-state index contributed by atoms with van der Waals surface area (Å²) in [5.41, 5.74) is 3.86. The zero-order chi connectivity index (χ0) is 39.9. The van der Waals surface area contributed by atoms with Gasteiger partial charge in [-0.05, 0) is 93.2 Å². The third kappa shape index (κ3) is 18.8. The molecule has 10 heteroatoms. The summed E-state index contributed by atoms with van der Waals surface area (Å²) >= 11 is 1.68. The molecule has 0 aromatic heterocycles. The van der Waals surface area contributed by atoms with E-state index in [4.69, 9.17) is 9.47 Å². The number of nitrogens with one attached hydrogen (secondary N) is 1. The standard InChI is InChI=1S/C45H67NO8S/c1-45(2,3)54-43(51)40(46-44(52)53-31-39-37-27-21-19-25-35(37)36-26-20-22-28-38(36)39)33-55-32-34(24-16-12-8-6-10-14-18-30-42(49)50)23-15-11-7-4-5-9-13-17-29-41(47)48/h19-22,25-28,34,39-40H,4-18,23-24,29-33H2,1-3H3,(H,46,52)(H,47,48)(H,49,50)/p-2/t34-,40+/m1/s1. The van der Waals surface area contributed by atoms with Gasteiger partial charge in [0.25, 0.3) is 0 Å². The summed E-state index contributed by atoms with van der Waals surface area (Å²) in [7, 11) is 0. The molecular weight excluding hydrogens is 715 g/mol. The van der Waals surface area contributed by atoms with Crippen LogP contribution in [-0.4, -0.2) is 53.8 Å². The first kappa shape index (κ1) is 45.9. The highest BCUT2D eigenvalue weighted by atomic mass is 32.2. The largest absolute Gasteiger partial charge is 0.550 e.